The molecule has 0 bridgehead atoms. The molecule has 0 saturated heterocycles. The Hall–Kier alpha value is -2.67. The number of nitrogens with two attached hydrogens (primary N) is 2. The Morgan fingerprint density at radius 3 is 2.70 bits per heavy atom. The van der Waals surface area contributed by atoms with E-state index in [0.29, 0.717) is 19.3 Å². The maximum atomic E-state index is 13.1. The van der Waals surface area contributed by atoms with Crippen LogP contribution in [0, 0.1) is 11.8 Å². The van der Waals surface area contributed by atoms with Crippen molar-refractivity contribution < 1.29 is 14.0 Å². The van der Waals surface area contributed by atoms with Gasteiger partial charge in [-0.3, -0.25) is 9.59 Å². The van der Waals surface area contributed by atoms with Crippen LogP contribution in [0.3, 0.4) is 0 Å². The van der Waals surface area contributed by atoms with Gasteiger partial charge in [0, 0.05) is 18.6 Å². The summed E-state index contributed by atoms with van der Waals surface area (Å²) in [7, 11) is 0. The van der Waals surface area contributed by atoms with Crippen LogP contribution in [0.15, 0.2) is 64.2 Å². The second kappa shape index (κ2) is 9.32. The maximum absolute atomic E-state index is 13.1. The fraction of sp³-hybridized carbons (Fsp3) is 0.316. The Bertz CT molecular complexity index is 779. The number of nitrogens with zero attached hydrogens (tertiary/aromatic N) is 1. The third kappa shape index (κ3) is 5.92. The van der Waals surface area contributed by atoms with Gasteiger partial charge in [0.15, 0.2) is 0 Å². The lowest BCUT2D eigenvalue weighted by molar-refractivity contribution is -0.119. The number of allylic oxidation sites excluding steroid dienone is 4. The summed E-state index contributed by atoms with van der Waals surface area (Å²) in [5.74, 6) is -2.32. The minimum absolute atomic E-state index is 0.113. The molecule has 0 fully saturated rings. The van der Waals surface area contributed by atoms with Crippen molar-refractivity contribution in [3.8, 4) is 0 Å². The van der Waals surface area contributed by atoms with Crippen LogP contribution in [0.2, 0.25) is 0 Å². The summed E-state index contributed by atoms with van der Waals surface area (Å²) in [6.45, 7) is 3.70. The maximum Gasteiger partial charge on any atom is 0.292 e. The zero-order valence-electron chi connectivity index (χ0n) is 14.7. The number of aliphatic imine (C=N–C) groups is 1. The molecule has 2 aliphatic rings. The summed E-state index contributed by atoms with van der Waals surface area (Å²) in [5, 5.41) is 3.09. The van der Waals surface area contributed by atoms with Crippen LogP contribution < -0.4 is 16.8 Å². The van der Waals surface area contributed by atoms with E-state index < -0.39 is 17.7 Å². The molecule has 3 atom stereocenters. The Balaban J connectivity index is 2.07. The van der Waals surface area contributed by atoms with Crippen LogP contribution in [-0.4, -0.2) is 24.1 Å². The minimum atomic E-state index is -0.749. The van der Waals surface area contributed by atoms with Crippen LogP contribution in [0.1, 0.15) is 19.3 Å². The van der Waals surface area contributed by atoms with Crippen LogP contribution in [0.5, 0.6) is 0 Å². The molecule has 1 aliphatic carbocycles. The van der Waals surface area contributed by atoms with Crippen molar-refractivity contribution in [2.75, 3.05) is 0 Å². The fourth-order valence-electron chi connectivity index (χ4n) is 2.87. The third-order valence-electron chi connectivity index (χ3n) is 4.34. The van der Waals surface area contributed by atoms with Crippen LogP contribution in [0.4, 0.5) is 4.39 Å². The highest BCUT2D eigenvalue weighted by molar-refractivity contribution is 6.29. The van der Waals surface area contributed by atoms with Crippen molar-refractivity contribution in [3.63, 3.8) is 0 Å². The molecular formula is C19H22ClFN4O2. The van der Waals surface area contributed by atoms with E-state index in [1.807, 2.05) is 0 Å². The van der Waals surface area contributed by atoms with Crippen molar-refractivity contribution in [3.05, 3.63) is 59.2 Å². The van der Waals surface area contributed by atoms with E-state index in [4.69, 9.17) is 23.1 Å². The predicted molar refractivity (Wildman–Crippen MR) is 104 cm³/mol. The number of primary amides is 1. The molecule has 0 saturated carbocycles. The number of carbonyl (C=O) groups is 2. The van der Waals surface area contributed by atoms with Gasteiger partial charge in [0.05, 0.1) is 22.8 Å². The smallest absolute Gasteiger partial charge is 0.292 e. The average Bonchev–Trinajstić information content (AvgIpc) is 3.02. The largest absolute Gasteiger partial charge is 0.390 e. The zero-order chi connectivity index (χ0) is 20.0. The van der Waals surface area contributed by atoms with Crippen LogP contribution in [-0.2, 0) is 9.59 Å². The first-order chi connectivity index (χ1) is 12.8. The predicted octanol–water partition coefficient (Wildman–Crippen LogP) is 2.35. The first-order valence-electron chi connectivity index (χ1n) is 8.45. The second-order valence-corrected chi connectivity index (χ2v) is 6.79. The molecule has 0 aromatic rings. The fourth-order valence-corrected chi connectivity index (χ4v) is 3.01. The van der Waals surface area contributed by atoms with E-state index in [1.54, 1.807) is 24.3 Å². The summed E-state index contributed by atoms with van der Waals surface area (Å²) in [6.07, 6.45) is 10.2. The molecule has 2 amide bonds. The molecule has 5 N–H and O–H groups in total. The van der Waals surface area contributed by atoms with Gasteiger partial charge in [-0.1, -0.05) is 29.3 Å². The molecular weight excluding hydrogens is 371 g/mol. The Kier molecular flexibility index (Phi) is 7.12. The molecule has 8 heteroatoms. The topological polar surface area (TPSA) is 111 Å². The number of halogens is 2. The lowest BCUT2D eigenvalue weighted by atomic mass is 9.93. The first kappa shape index (κ1) is 20.6. The Labute approximate surface area is 162 Å². The number of carbonyl (C=O) groups excluding carboxylic acids is 2. The lowest BCUT2D eigenvalue weighted by Crippen LogP contribution is -2.28. The monoisotopic (exact) mass is 392 g/mol. The Morgan fingerprint density at radius 2 is 2.15 bits per heavy atom. The molecule has 2 rings (SSSR count). The van der Waals surface area contributed by atoms with E-state index in [1.165, 1.54) is 12.3 Å². The summed E-state index contributed by atoms with van der Waals surface area (Å²) >= 11 is 5.70. The van der Waals surface area contributed by atoms with Crippen molar-refractivity contribution >= 4 is 29.6 Å². The van der Waals surface area contributed by atoms with Crippen molar-refractivity contribution in [2.45, 2.75) is 25.3 Å². The summed E-state index contributed by atoms with van der Waals surface area (Å²) in [4.78, 5) is 27.9. The van der Waals surface area contributed by atoms with Gasteiger partial charge in [-0.2, -0.15) is 0 Å². The molecule has 2 unspecified atom stereocenters. The van der Waals surface area contributed by atoms with Gasteiger partial charge in [0.25, 0.3) is 5.91 Å². The van der Waals surface area contributed by atoms with Gasteiger partial charge in [0.1, 0.15) is 5.83 Å². The zero-order valence-corrected chi connectivity index (χ0v) is 15.5. The summed E-state index contributed by atoms with van der Waals surface area (Å²) < 4.78 is 13.1. The average molecular weight is 393 g/mol. The van der Waals surface area contributed by atoms with Gasteiger partial charge in [-0.15, -0.1) is 6.58 Å². The number of hydrogen-bond donors (Lipinski definition) is 3. The van der Waals surface area contributed by atoms with E-state index in [-0.39, 0.29) is 28.6 Å². The van der Waals surface area contributed by atoms with E-state index in [0.717, 1.165) is 5.57 Å². The normalized spacial score (nSPS) is 23.9. The standard InChI is InChI=1S/C19H22ClFN4O2/c1-2-15-12(9-17(20)22)8-16(25-15)19(27)24-10-13(18(23)26)7-11-3-5-14(21)6-4-11/h2-3,5,8-10,12-13,15,25H,1,4,6-7,22H2,(H2,23,26)/b17-9-,24-10?/t12?,13-,15?/m1/s1. The molecule has 0 aromatic carbocycles. The summed E-state index contributed by atoms with van der Waals surface area (Å²) in [5.41, 5.74) is 12.0. The van der Waals surface area contributed by atoms with E-state index in [9.17, 15) is 14.0 Å². The van der Waals surface area contributed by atoms with Crippen molar-refractivity contribution in [2.24, 2.45) is 28.3 Å². The van der Waals surface area contributed by atoms with Crippen molar-refractivity contribution in [1.29, 1.82) is 0 Å². The second-order valence-electron chi connectivity index (χ2n) is 6.35. The molecule has 6 nitrogen and oxygen atoms in total. The Morgan fingerprint density at radius 1 is 1.41 bits per heavy atom. The van der Waals surface area contributed by atoms with Gasteiger partial charge >= 0.3 is 0 Å². The van der Waals surface area contributed by atoms with Crippen LogP contribution >= 0.6 is 11.6 Å². The highest BCUT2D eigenvalue weighted by Gasteiger charge is 2.27. The van der Waals surface area contributed by atoms with E-state index in [2.05, 4.69) is 16.9 Å². The highest BCUT2D eigenvalue weighted by Crippen LogP contribution is 2.24. The highest BCUT2D eigenvalue weighted by atomic mass is 35.5. The third-order valence-corrected chi connectivity index (χ3v) is 4.46. The molecule has 27 heavy (non-hydrogen) atoms. The van der Waals surface area contributed by atoms with Gasteiger partial charge in [0.2, 0.25) is 5.91 Å². The first-order valence-corrected chi connectivity index (χ1v) is 8.83. The van der Waals surface area contributed by atoms with Crippen molar-refractivity contribution in [1.82, 2.24) is 5.32 Å². The quantitative estimate of drug-likeness (QED) is 0.351. The number of nitrogens with one attached hydrogen (secondary N) is 1. The lowest BCUT2D eigenvalue weighted by Gasteiger charge is -2.14. The molecule has 0 spiro atoms. The molecule has 144 valence electrons. The molecule has 1 aliphatic heterocycles. The SMILES string of the molecule is C=CC1NC(C(=O)N=C[C@@H](CC2=CC=C(F)CC2)C(N)=O)=CC1/C=C(\N)Cl. The van der Waals surface area contributed by atoms with Crippen LogP contribution in [0.25, 0.3) is 0 Å². The van der Waals surface area contributed by atoms with E-state index >= 15 is 0 Å². The molecule has 1 heterocycles. The van der Waals surface area contributed by atoms with Gasteiger partial charge < -0.3 is 16.8 Å². The molecule has 0 aromatic heterocycles. The van der Waals surface area contributed by atoms with Gasteiger partial charge in [-0.25, -0.2) is 9.38 Å². The van der Waals surface area contributed by atoms with Gasteiger partial charge in [-0.05, 0) is 31.1 Å². The number of amides is 2. The summed E-state index contributed by atoms with van der Waals surface area (Å²) in [6, 6.07) is -0.238. The number of hydrogen-bond acceptors (Lipinski definition) is 4. The molecule has 0 radical (unpaired) electrons. The minimum Gasteiger partial charge on any atom is -0.390 e. The number of rotatable bonds is 7.